The maximum absolute atomic E-state index is 14.6. The van der Waals surface area contributed by atoms with Crippen molar-refractivity contribution in [3.8, 4) is 11.3 Å². The highest BCUT2D eigenvalue weighted by Gasteiger charge is 2.34. The van der Waals surface area contributed by atoms with Crippen LogP contribution in [0.2, 0.25) is 0 Å². The molecule has 0 bridgehead atoms. The number of nitrogens with one attached hydrogen (secondary N) is 2. The van der Waals surface area contributed by atoms with Gasteiger partial charge >= 0.3 is 6.18 Å². The lowest BCUT2D eigenvalue weighted by Gasteiger charge is -2.17. The number of halogens is 4. The number of hydrogen-bond acceptors (Lipinski definition) is 7. The van der Waals surface area contributed by atoms with E-state index in [1.54, 1.807) is 12.1 Å². The van der Waals surface area contributed by atoms with E-state index in [0.717, 1.165) is 18.0 Å². The molecule has 0 spiro atoms. The van der Waals surface area contributed by atoms with Gasteiger partial charge in [-0.05, 0) is 17.7 Å². The fourth-order valence-corrected chi connectivity index (χ4v) is 3.56. The monoisotopic (exact) mass is 485 g/mol. The van der Waals surface area contributed by atoms with Crippen molar-refractivity contribution in [3.05, 3.63) is 72.0 Å². The smallest absolute Gasteiger partial charge is 0.369 e. The number of nitrogens with zero attached hydrogens (tertiary/aromatic N) is 5. The second-order valence-corrected chi connectivity index (χ2v) is 7.66. The molecule has 2 N–H and O–H groups in total. The van der Waals surface area contributed by atoms with E-state index in [4.69, 9.17) is 0 Å². The molecule has 8 nitrogen and oxygen atoms in total. The molecule has 4 aromatic rings. The molecule has 3 heterocycles. The van der Waals surface area contributed by atoms with E-state index in [-0.39, 0.29) is 16.9 Å². The average Bonchev–Trinajstić information content (AvgIpc) is 2.86. The van der Waals surface area contributed by atoms with Crippen molar-refractivity contribution in [2.75, 3.05) is 18.9 Å². The highest BCUT2D eigenvalue weighted by Crippen LogP contribution is 2.29. The van der Waals surface area contributed by atoms with Gasteiger partial charge in [0, 0.05) is 55.1 Å². The van der Waals surface area contributed by atoms with Gasteiger partial charge in [-0.2, -0.15) is 13.2 Å². The van der Waals surface area contributed by atoms with Gasteiger partial charge in [-0.1, -0.05) is 13.0 Å². The van der Waals surface area contributed by atoms with Crippen LogP contribution >= 0.6 is 0 Å². The Morgan fingerprint density at radius 2 is 1.80 bits per heavy atom. The normalized spacial score (nSPS) is 12.4. The summed E-state index contributed by atoms with van der Waals surface area (Å²) in [5.41, 5.74) is 1.94. The van der Waals surface area contributed by atoms with Gasteiger partial charge in [-0.25, -0.2) is 24.3 Å². The fourth-order valence-electron chi connectivity index (χ4n) is 3.56. The summed E-state index contributed by atoms with van der Waals surface area (Å²) >= 11 is 0. The first kappa shape index (κ1) is 23.9. The zero-order valence-electron chi connectivity index (χ0n) is 18.6. The molecular formula is C23H19F4N7O. The quantitative estimate of drug-likeness (QED) is 0.394. The predicted molar refractivity (Wildman–Crippen MR) is 120 cm³/mol. The molecule has 0 saturated carbocycles. The molecule has 3 aromatic heterocycles. The number of alkyl halides is 3. The maximum Gasteiger partial charge on any atom is 0.451 e. The summed E-state index contributed by atoms with van der Waals surface area (Å²) < 4.78 is 52.7. The maximum atomic E-state index is 14.6. The number of anilines is 1. The highest BCUT2D eigenvalue weighted by molar-refractivity contribution is 6.06. The average molecular weight is 485 g/mol. The summed E-state index contributed by atoms with van der Waals surface area (Å²) in [6.07, 6.45) is 0.187. The van der Waals surface area contributed by atoms with Crippen LogP contribution in [0.15, 0.2) is 49.2 Å². The Hall–Kier alpha value is -4.22. The minimum absolute atomic E-state index is 0.142. The van der Waals surface area contributed by atoms with E-state index >= 15 is 0 Å². The van der Waals surface area contributed by atoms with Crippen LogP contribution in [0.5, 0.6) is 0 Å². The van der Waals surface area contributed by atoms with Gasteiger partial charge in [-0.3, -0.25) is 9.78 Å². The molecule has 0 unspecified atom stereocenters. The molecule has 0 radical (unpaired) electrons. The third-order valence-corrected chi connectivity index (χ3v) is 5.33. The van der Waals surface area contributed by atoms with Crippen LogP contribution in [-0.4, -0.2) is 44.4 Å². The van der Waals surface area contributed by atoms with Crippen LogP contribution in [-0.2, 0) is 6.18 Å². The van der Waals surface area contributed by atoms with Crippen LogP contribution in [0.1, 0.15) is 34.6 Å². The summed E-state index contributed by atoms with van der Waals surface area (Å²) in [7, 11) is 1.47. The number of pyridine rings is 1. The van der Waals surface area contributed by atoms with Crippen molar-refractivity contribution < 1.29 is 22.4 Å². The van der Waals surface area contributed by atoms with E-state index in [9.17, 15) is 22.4 Å². The number of hydrogen-bond donors (Lipinski definition) is 2. The van der Waals surface area contributed by atoms with Gasteiger partial charge in [0.05, 0.1) is 16.8 Å². The summed E-state index contributed by atoms with van der Waals surface area (Å²) in [5, 5.41) is 5.79. The van der Waals surface area contributed by atoms with Crippen molar-refractivity contribution in [1.82, 2.24) is 30.2 Å². The fraction of sp³-hybridized carbons (Fsp3) is 0.217. The van der Waals surface area contributed by atoms with E-state index in [2.05, 4.69) is 35.6 Å². The lowest BCUT2D eigenvalue weighted by Crippen LogP contribution is -2.19. The van der Waals surface area contributed by atoms with Crippen molar-refractivity contribution in [2.45, 2.75) is 19.0 Å². The molecule has 1 atom stereocenters. The number of rotatable bonds is 6. The zero-order chi connectivity index (χ0) is 25.2. The first-order valence-corrected chi connectivity index (χ1v) is 10.4. The van der Waals surface area contributed by atoms with Crippen LogP contribution in [0.3, 0.4) is 0 Å². The Balaban J connectivity index is 1.55. The molecule has 1 aromatic carbocycles. The van der Waals surface area contributed by atoms with Gasteiger partial charge in [0.25, 0.3) is 5.91 Å². The molecule has 180 valence electrons. The minimum atomic E-state index is -4.63. The molecule has 35 heavy (non-hydrogen) atoms. The minimum Gasteiger partial charge on any atom is -0.369 e. The number of amides is 1. The summed E-state index contributed by atoms with van der Waals surface area (Å²) in [6.45, 7) is 2.27. The van der Waals surface area contributed by atoms with Crippen LogP contribution in [0.4, 0.5) is 23.4 Å². The number of benzene rings is 1. The predicted octanol–water partition coefficient (Wildman–Crippen LogP) is 4.21. The highest BCUT2D eigenvalue weighted by atomic mass is 19.4. The van der Waals surface area contributed by atoms with Crippen molar-refractivity contribution >= 4 is 22.6 Å². The standard InChI is InChI=1S/C23H19F4N7O/c1-12(14-3-4-16(24)19-15(21(35)28-2)5-6-29-20(14)19)8-30-18-7-17(33-11-34-18)13-9-31-22(32-10-13)23(25,26)27/h3-7,9-12H,8H2,1-2H3,(H,28,35)(H,30,33,34)/t12-/m1/s1. The van der Waals surface area contributed by atoms with Crippen molar-refractivity contribution in [1.29, 1.82) is 0 Å². The first-order valence-electron chi connectivity index (χ1n) is 10.4. The third kappa shape index (κ3) is 5.00. The van der Waals surface area contributed by atoms with Crippen molar-refractivity contribution in [3.63, 3.8) is 0 Å². The topological polar surface area (TPSA) is 106 Å². The Morgan fingerprint density at radius 3 is 2.49 bits per heavy atom. The van der Waals surface area contributed by atoms with Gasteiger partial charge in [0.1, 0.15) is 18.0 Å². The SMILES string of the molecule is CNC(=O)c1ccnc2c([C@H](C)CNc3cc(-c4cnc(C(F)(F)F)nc4)ncn3)ccc(F)c12. The van der Waals surface area contributed by atoms with E-state index in [0.29, 0.717) is 29.1 Å². The Kier molecular flexibility index (Phi) is 6.54. The molecule has 12 heteroatoms. The molecule has 1 amide bonds. The first-order chi connectivity index (χ1) is 16.7. The molecule has 0 aliphatic heterocycles. The number of fused-ring (bicyclic) bond motifs is 1. The summed E-state index contributed by atoms with van der Waals surface area (Å²) in [5.74, 6) is -1.94. The molecular weight excluding hydrogens is 466 g/mol. The van der Waals surface area contributed by atoms with Crippen molar-refractivity contribution in [2.24, 2.45) is 0 Å². The Morgan fingerprint density at radius 1 is 1.06 bits per heavy atom. The summed E-state index contributed by atoms with van der Waals surface area (Å²) in [4.78, 5) is 31.4. The second kappa shape index (κ2) is 9.57. The van der Waals surface area contributed by atoms with Gasteiger partial charge in [-0.15, -0.1) is 0 Å². The molecule has 0 aliphatic rings. The second-order valence-electron chi connectivity index (χ2n) is 7.66. The largest absolute Gasteiger partial charge is 0.451 e. The van der Waals surface area contributed by atoms with E-state index < -0.39 is 23.7 Å². The Labute approximate surface area is 196 Å². The van der Waals surface area contributed by atoms with E-state index in [1.807, 2.05) is 6.92 Å². The van der Waals surface area contributed by atoms with Gasteiger partial charge < -0.3 is 10.6 Å². The molecule has 4 rings (SSSR count). The van der Waals surface area contributed by atoms with Crippen LogP contribution in [0, 0.1) is 5.82 Å². The molecule has 0 saturated heterocycles. The van der Waals surface area contributed by atoms with E-state index in [1.165, 1.54) is 31.7 Å². The zero-order valence-corrected chi connectivity index (χ0v) is 18.6. The lowest BCUT2D eigenvalue weighted by atomic mass is 9.95. The number of carbonyl (C=O) groups excluding carboxylic acids is 1. The number of carbonyl (C=O) groups is 1. The third-order valence-electron chi connectivity index (χ3n) is 5.33. The Bertz CT molecular complexity index is 1380. The number of aromatic nitrogens is 5. The molecule has 0 fully saturated rings. The van der Waals surface area contributed by atoms with Gasteiger partial charge in [0.15, 0.2) is 0 Å². The summed E-state index contributed by atoms with van der Waals surface area (Å²) in [6, 6.07) is 5.94. The lowest BCUT2D eigenvalue weighted by molar-refractivity contribution is -0.144. The molecule has 0 aliphatic carbocycles. The van der Waals surface area contributed by atoms with Gasteiger partial charge in [0.2, 0.25) is 5.82 Å². The van der Waals surface area contributed by atoms with Crippen LogP contribution < -0.4 is 10.6 Å². The van der Waals surface area contributed by atoms with Crippen LogP contribution in [0.25, 0.3) is 22.2 Å².